The molecule has 0 radical (unpaired) electrons. The SMILES string of the molecule is C=C(C)C(=O)OC1CCCCC1Nc1ccc([C+](c2ccc(Nc3c(C)cc(C)cc3C)cc2)c2ccc(Nc3c(C)cc(C)cc3C)cc2)c2ccccc12. The number of esters is 1. The Bertz CT molecular complexity index is 2240. The van der Waals surface area contributed by atoms with Gasteiger partial charge < -0.3 is 20.7 Å². The molecule has 5 nitrogen and oxygen atoms in total. The highest BCUT2D eigenvalue weighted by atomic mass is 16.5. The number of carbonyl (C=O) groups excluding carboxylic acids is 1. The topological polar surface area (TPSA) is 62.4 Å². The first kappa shape index (κ1) is 38.3. The van der Waals surface area contributed by atoms with Crippen molar-refractivity contribution in [3.63, 3.8) is 0 Å². The quantitative estimate of drug-likeness (QED) is 0.0534. The van der Waals surface area contributed by atoms with Crippen molar-refractivity contribution < 1.29 is 9.53 Å². The Morgan fingerprint density at radius 2 is 1.12 bits per heavy atom. The molecule has 1 saturated carbocycles. The van der Waals surface area contributed by atoms with Gasteiger partial charge in [0, 0.05) is 39.1 Å². The van der Waals surface area contributed by atoms with E-state index in [1.807, 2.05) is 0 Å². The fourth-order valence-corrected chi connectivity index (χ4v) is 8.44. The average Bonchev–Trinajstić information content (AvgIpc) is 3.17. The third-order valence-electron chi connectivity index (χ3n) is 11.1. The number of hydrogen-bond acceptors (Lipinski definition) is 5. The second-order valence-corrected chi connectivity index (χ2v) is 15.8. The molecule has 5 heteroatoms. The molecule has 3 N–H and O–H groups in total. The van der Waals surface area contributed by atoms with E-state index in [0.717, 1.165) is 87.5 Å². The Hall–Kier alpha value is -5.94. The van der Waals surface area contributed by atoms with E-state index in [2.05, 4.69) is 173 Å². The first-order valence-corrected chi connectivity index (χ1v) is 19.9. The summed E-state index contributed by atoms with van der Waals surface area (Å²) in [7, 11) is 0. The zero-order valence-electron chi connectivity index (χ0n) is 33.9. The molecule has 6 aromatic carbocycles. The molecule has 0 aromatic heterocycles. The number of fused-ring (bicyclic) bond motifs is 1. The first-order valence-electron chi connectivity index (χ1n) is 19.9. The van der Waals surface area contributed by atoms with E-state index in [4.69, 9.17) is 4.74 Å². The summed E-state index contributed by atoms with van der Waals surface area (Å²) in [5.74, 6) is 0.834. The number of anilines is 5. The van der Waals surface area contributed by atoms with Crippen molar-refractivity contribution in [2.45, 2.75) is 86.3 Å². The summed E-state index contributed by atoms with van der Waals surface area (Å²) in [4.78, 5) is 12.6. The van der Waals surface area contributed by atoms with Crippen LogP contribution < -0.4 is 16.0 Å². The van der Waals surface area contributed by atoms with E-state index in [1.54, 1.807) is 6.92 Å². The number of rotatable bonds is 11. The van der Waals surface area contributed by atoms with Gasteiger partial charge in [-0.15, -0.1) is 0 Å². The van der Waals surface area contributed by atoms with Crippen LogP contribution in [0.25, 0.3) is 10.8 Å². The van der Waals surface area contributed by atoms with Crippen molar-refractivity contribution in [1.29, 1.82) is 0 Å². The van der Waals surface area contributed by atoms with Crippen LogP contribution in [0.15, 0.2) is 121 Å². The molecule has 1 fully saturated rings. The Morgan fingerprint density at radius 3 is 1.62 bits per heavy atom. The molecule has 2 unspecified atom stereocenters. The highest BCUT2D eigenvalue weighted by Crippen LogP contribution is 2.40. The maximum absolute atomic E-state index is 12.6. The molecule has 56 heavy (non-hydrogen) atoms. The summed E-state index contributed by atoms with van der Waals surface area (Å²) >= 11 is 0. The number of aryl methyl sites for hydroxylation is 6. The summed E-state index contributed by atoms with van der Waals surface area (Å²) in [5, 5.41) is 13.5. The van der Waals surface area contributed by atoms with Gasteiger partial charge in [0.1, 0.15) is 6.10 Å². The minimum absolute atomic E-state index is 0.0199. The van der Waals surface area contributed by atoms with Crippen LogP contribution in [-0.2, 0) is 9.53 Å². The second-order valence-electron chi connectivity index (χ2n) is 15.8. The maximum Gasteiger partial charge on any atom is 0.333 e. The van der Waals surface area contributed by atoms with Crippen LogP contribution in [0, 0.1) is 47.5 Å². The van der Waals surface area contributed by atoms with Gasteiger partial charge in [0.25, 0.3) is 0 Å². The van der Waals surface area contributed by atoms with Gasteiger partial charge in [-0.1, -0.05) is 60.5 Å². The van der Waals surface area contributed by atoms with Crippen molar-refractivity contribution >= 4 is 45.2 Å². The highest BCUT2D eigenvalue weighted by molar-refractivity contribution is 5.98. The summed E-state index contributed by atoms with van der Waals surface area (Å²) in [6.45, 7) is 18.5. The average molecular weight is 741 g/mol. The standard InChI is InChI=1S/C51H54N3O2/c1-31(2)51(55)56-47-16-12-11-15-46(47)54-45-26-25-44(42-13-9-10-14-43(42)45)48(38-17-21-40(22-18-38)52-49-34(5)27-32(3)28-35(49)6)39-19-23-41(24-20-39)53-50-36(7)29-33(4)30-37(50)8/h9-10,13-14,17-30,46-47,52-54H,1,11-12,15-16H2,2-8H3/q+1. The maximum atomic E-state index is 12.6. The zero-order chi connectivity index (χ0) is 39.5. The molecule has 1 aliphatic carbocycles. The molecule has 6 aromatic rings. The lowest BCUT2D eigenvalue weighted by Gasteiger charge is -2.33. The van der Waals surface area contributed by atoms with E-state index >= 15 is 0 Å². The van der Waals surface area contributed by atoms with Crippen LogP contribution >= 0.6 is 0 Å². The zero-order valence-corrected chi connectivity index (χ0v) is 33.9. The molecule has 1 aliphatic rings. The van der Waals surface area contributed by atoms with Crippen LogP contribution in [0.3, 0.4) is 0 Å². The first-order chi connectivity index (χ1) is 26.9. The predicted molar refractivity (Wildman–Crippen MR) is 236 cm³/mol. The summed E-state index contributed by atoms with van der Waals surface area (Å²) in [6.07, 6.45) is 3.71. The van der Waals surface area contributed by atoms with Gasteiger partial charge in [-0.25, -0.2) is 4.79 Å². The van der Waals surface area contributed by atoms with Crippen LogP contribution in [-0.4, -0.2) is 18.1 Å². The molecular weight excluding hydrogens is 687 g/mol. The molecule has 0 saturated heterocycles. The third-order valence-corrected chi connectivity index (χ3v) is 11.1. The van der Waals surface area contributed by atoms with Gasteiger partial charge in [0.05, 0.1) is 34.3 Å². The van der Waals surface area contributed by atoms with Crippen molar-refractivity contribution in [3.05, 3.63) is 177 Å². The molecule has 0 amide bonds. The van der Waals surface area contributed by atoms with Crippen molar-refractivity contribution in [2.24, 2.45) is 0 Å². The highest BCUT2D eigenvalue weighted by Gasteiger charge is 2.31. The fourth-order valence-electron chi connectivity index (χ4n) is 8.44. The summed E-state index contributed by atoms with van der Waals surface area (Å²) in [6, 6.07) is 39.6. The molecule has 0 aliphatic heterocycles. The summed E-state index contributed by atoms with van der Waals surface area (Å²) < 4.78 is 5.94. The molecular formula is C51H54N3O2+. The normalized spacial score (nSPS) is 15.3. The Kier molecular flexibility index (Phi) is 11.2. The third kappa shape index (κ3) is 8.33. The lowest BCUT2D eigenvalue weighted by Crippen LogP contribution is -2.40. The Labute approximate surface area is 333 Å². The van der Waals surface area contributed by atoms with Gasteiger partial charge in [0.15, 0.2) is 0 Å². The van der Waals surface area contributed by atoms with E-state index < -0.39 is 0 Å². The number of ether oxygens (including phenoxy) is 1. The van der Waals surface area contributed by atoms with Crippen molar-refractivity contribution in [1.82, 2.24) is 0 Å². The number of carbonyl (C=O) groups is 1. The largest absolute Gasteiger partial charge is 0.457 e. The molecule has 2 atom stereocenters. The minimum Gasteiger partial charge on any atom is -0.457 e. The van der Waals surface area contributed by atoms with E-state index in [9.17, 15) is 4.79 Å². The van der Waals surface area contributed by atoms with E-state index in [1.165, 1.54) is 33.4 Å². The second kappa shape index (κ2) is 16.4. The molecule has 0 spiro atoms. The Morgan fingerprint density at radius 1 is 0.643 bits per heavy atom. The number of hydrogen-bond donors (Lipinski definition) is 3. The van der Waals surface area contributed by atoms with E-state index in [0.29, 0.717) is 5.57 Å². The smallest absolute Gasteiger partial charge is 0.333 e. The van der Waals surface area contributed by atoms with Gasteiger partial charge in [-0.2, -0.15) is 0 Å². The number of nitrogens with one attached hydrogen (secondary N) is 3. The predicted octanol–water partition coefficient (Wildman–Crippen LogP) is 13.0. The van der Waals surface area contributed by atoms with E-state index in [-0.39, 0.29) is 18.1 Å². The fraction of sp³-hybridized carbons (Fsp3) is 0.255. The van der Waals surface area contributed by atoms with Crippen molar-refractivity contribution in [2.75, 3.05) is 16.0 Å². The van der Waals surface area contributed by atoms with Gasteiger partial charge in [-0.05, 0) is 163 Å². The van der Waals surface area contributed by atoms with Crippen LogP contribution in [0.1, 0.15) is 82.7 Å². The van der Waals surface area contributed by atoms with Gasteiger partial charge >= 0.3 is 5.97 Å². The summed E-state index contributed by atoms with van der Waals surface area (Å²) in [5.41, 5.74) is 16.7. The lowest BCUT2D eigenvalue weighted by molar-refractivity contribution is -0.146. The lowest BCUT2D eigenvalue weighted by atomic mass is 9.82. The van der Waals surface area contributed by atoms with Gasteiger partial charge in [0.2, 0.25) is 0 Å². The van der Waals surface area contributed by atoms with Gasteiger partial charge in [-0.3, -0.25) is 0 Å². The van der Waals surface area contributed by atoms with Crippen LogP contribution in [0.5, 0.6) is 0 Å². The molecule has 0 heterocycles. The molecule has 7 rings (SSSR count). The number of benzene rings is 6. The van der Waals surface area contributed by atoms with Crippen LogP contribution in [0.4, 0.5) is 28.4 Å². The van der Waals surface area contributed by atoms with Crippen molar-refractivity contribution in [3.8, 4) is 0 Å². The molecule has 284 valence electrons. The Balaban J connectivity index is 1.26. The monoisotopic (exact) mass is 740 g/mol. The van der Waals surface area contributed by atoms with Crippen LogP contribution in [0.2, 0.25) is 0 Å². The minimum atomic E-state index is -0.321. The molecule has 0 bridgehead atoms.